The molecule has 1 aromatic rings. The number of aromatic nitrogens is 1. The average Bonchev–Trinajstić information content (AvgIpc) is 2.56. The first kappa shape index (κ1) is 15.5. The lowest BCUT2D eigenvalue weighted by Gasteiger charge is -2.29. The maximum atomic E-state index is 12.1. The Morgan fingerprint density at radius 2 is 1.77 bits per heavy atom. The van der Waals surface area contributed by atoms with Crippen LogP contribution in [0.2, 0.25) is 5.02 Å². The molecule has 120 valence electrons. The van der Waals surface area contributed by atoms with Crippen molar-refractivity contribution < 1.29 is 9.63 Å². The predicted molar refractivity (Wildman–Crippen MR) is 84.2 cm³/mol. The second-order valence-electron chi connectivity index (χ2n) is 5.32. The number of hydroxylamine groups is 2. The van der Waals surface area contributed by atoms with Gasteiger partial charge in [0.2, 0.25) is 0 Å². The molecule has 0 amide bonds. The van der Waals surface area contributed by atoms with Gasteiger partial charge >= 0.3 is 5.97 Å². The number of pyridine rings is 1. The smallest absolute Gasteiger partial charge is 0.358 e. The topological polar surface area (TPSA) is 69.7 Å². The standard InChI is InChI=1S/C14H20ClN5O2/c15-12-9-11(14(21)22-20-7-3-17-4-8-20)10-18-13(12)19-5-1-16-2-6-19/h9-10,16-17H,1-8H2. The zero-order chi connectivity index (χ0) is 15.4. The van der Waals surface area contributed by atoms with Crippen molar-refractivity contribution >= 4 is 23.4 Å². The van der Waals surface area contributed by atoms with Crippen molar-refractivity contribution in [2.24, 2.45) is 0 Å². The Balaban J connectivity index is 1.66. The summed E-state index contributed by atoms with van der Waals surface area (Å²) in [5.74, 6) is 0.310. The van der Waals surface area contributed by atoms with Crippen molar-refractivity contribution in [2.45, 2.75) is 0 Å². The van der Waals surface area contributed by atoms with E-state index in [0.717, 1.165) is 45.1 Å². The molecule has 8 heteroatoms. The molecule has 2 saturated heterocycles. The van der Waals surface area contributed by atoms with E-state index >= 15 is 0 Å². The summed E-state index contributed by atoms with van der Waals surface area (Å²) in [6.45, 7) is 6.53. The first-order valence-electron chi connectivity index (χ1n) is 7.53. The van der Waals surface area contributed by atoms with Gasteiger partial charge in [0.15, 0.2) is 0 Å². The van der Waals surface area contributed by atoms with E-state index in [1.165, 1.54) is 6.20 Å². The maximum Gasteiger partial charge on any atom is 0.358 e. The van der Waals surface area contributed by atoms with Gasteiger partial charge in [-0.25, -0.2) is 9.78 Å². The molecule has 2 aliphatic heterocycles. The van der Waals surface area contributed by atoms with Crippen LogP contribution in [0, 0.1) is 0 Å². The third-order valence-corrected chi connectivity index (χ3v) is 4.04. The molecule has 2 fully saturated rings. The highest BCUT2D eigenvalue weighted by Crippen LogP contribution is 2.24. The van der Waals surface area contributed by atoms with Crippen LogP contribution < -0.4 is 15.5 Å². The summed E-state index contributed by atoms with van der Waals surface area (Å²) in [4.78, 5) is 24.0. The van der Waals surface area contributed by atoms with E-state index in [1.807, 2.05) is 0 Å². The van der Waals surface area contributed by atoms with Crippen LogP contribution in [-0.2, 0) is 4.84 Å². The van der Waals surface area contributed by atoms with Gasteiger partial charge in [0.25, 0.3) is 0 Å². The van der Waals surface area contributed by atoms with Gasteiger partial charge in [0.1, 0.15) is 5.82 Å². The Morgan fingerprint density at radius 1 is 1.14 bits per heavy atom. The number of nitrogens with one attached hydrogen (secondary N) is 2. The Bertz CT molecular complexity index is 530. The lowest BCUT2D eigenvalue weighted by atomic mass is 10.2. The largest absolute Gasteiger partial charge is 0.364 e. The second-order valence-corrected chi connectivity index (χ2v) is 5.73. The molecule has 0 aromatic carbocycles. The SMILES string of the molecule is O=C(ON1CCNCC1)c1cnc(N2CCNCC2)c(Cl)c1. The van der Waals surface area contributed by atoms with Gasteiger partial charge in [-0.1, -0.05) is 11.6 Å². The number of anilines is 1. The minimum Gasteiger partial charge on any atom is -0.364 e. The number of hydrogen-bond donors (Lipinski definition) is 2. The average molecular weight is 326 g/mol. The van der Waals surface area contributed by atoms with Crippen molar-refractivity contribution in [3.8, 4) is 0 Å². The van der Waals surface area contributed by atoms with Crippen molar-refractivity contribution in [2.75, 3.05) is 57.3 Å². The highest BCUT2D eigenvalue weighted by molar-refractivity contribution is 6.33. The van der Waals surface area contributed by atoms with Crippen LogP contribution in [0.3, 0.4) is 0 Å². The maximum absolute atomic E-state index is 12.1. The van der Waals surface area contributed by atoms with E-state index in [1.54, 1.807) is 11.1 Å². The molecule has 2 aliphatic rings. The van der Waals surface area contributed by atoms with Gasteiger partial charge < -0.3 is 20.4 Å². The highest BCUT2D eigenvalue weighted by Gasteiger charge is 2.20. The summed E-state index contributed by atoms with van der Waals surface area (Å²) in [6, 6.07) is 1.64. The summed E-state index contributed by atoms with van der Waals surface area (Å²) in [5, 5.41) is 8.63. The molecule has 2 N–H and O–H groups in total. The molecule has 0 atom stereocenters. The number of nitrogens with zero attached hydrogens (tertiary/aromatic N) is 3. The predicted octanol–water partition coefficient (Wildman–Crippen LogP) is 0.122. The number of rotatable bonds is 3. The third-order valence-electron chi connectivity index (χ3n) is 3.76. The number of hydrogen-bond acceptors (Lipinski definition) is 7. The Hall–Kier alpha value is -1.41. The summed E-state index contributed by atoms with van der Waals surface area (Å²) < 4.78 is 0. The van der Waals surface area contributed by atoms with Crippen molar-refractivity contribution in [1.29, 1.82) is 0 Å². The summed E-state index contributed by atoms with van der Waals surface area (Å²) in [5.41, 5.74) is 0.377. The molecule has 0 unspecified atom stereocenters. The van der Waals surface area contributed by atoms with E-state index in [2.05, 4.69) is 20.5 Å². The lowest BCUT2D eigenvalue weighted by Crippen LogP contribution is -2.44. The Kier molecular flexibility index (Phi) is 5.09. The number of piperazine rings is 2. The molecule has 0 spiro atoms. The highest BCUT2D eigenvalue weighted by atomic mass is 35.5. The monoisotopic (exact) mass is 325 g/mol. The number of carbonyl (C=O) groups is 1. The number of halogens is 1. The molecule has 7 nitrogen and oxygen atoms in total. The van der Waals surface area contributed by atoms with Gasteiger partial charge in [0, 0.05) is 58.6 Å². The van der Waals surface area contributed by atoms with Crippen LogP contribution >= 0.6 is 11.6 Å². The van der Waals surface area contributed by atoms with Crippen LogP contribution in [0.4, 0.5) is 5.82 Å². The molecule has 3 heterocycles. The fraction of sp³-hybridized carbons (Fsp3) is 0.571. The molecule has 0 bridgehead atoms. The number of carbonyl (C=O) groups excluding carboxylic acids is 1. The first-order valence-corrected chi connectivity index (χ1v) is 7.91. The van der Waals surface area contributed by atoms with Gasteiger partial charge in [0.05, 0.1) is 10.6 Å². The Morgan fingerprint density at radius 3 is 2.41 bits per heavy atom. The molecule has 22 heavy (non-hydrogen) atoms. The van der Waals surface area contributed by atoms with Gasteiger partial charge in [-0.3, -0.25) is 0 Å². The second kappa shape index (κ2) is 7.23. The quantitative estimate of drug-likeness (QED) is 0.818. The van der Waals surface area contributed by atoms with E-state index in [-0.39, 0.29) is 0 Å². The molecular formula is C14H20ClN5O2. The molecule has 0 aliphatic carbocycles. The molecule has 3 rings (SSSR count). The van der Waals surface area contributed by atoms with E-state index < -0.39 is 5.97 Å². The van der Waals surface area contributed by atoms with Crippen molar-refractivity contribution in [3.63, 3.8) is 0 Å². The van der Waals surface area contributed by atoms with Gasteiger partial charge in [-0.05, 0) is 6.07 Å². The summed E-state index contributed by atoms with van der Waals surface area (Å²) in [6.07, 6.45) is 1.54. The van der Waals surface area contributed by atoms with Crippen molar-refractivity contribution in [3.05, 3.63) is 22.8 Å². The fourth-order valence-electron chi connectivity index (χ4n) is 2.56. The lowest BCUT2D eigenvalue weighted by molar-refractivity contribution is -0.115. The van der Waals surface area contributed by atoms with Crippen LogP contribution in [0.25, 0.3) is 0 Å². The first-order chi connectivity index (χ1) is 10.7. The summed E-state index contributed by atoms with van der Waals surface area (Å²) >= 11 is 6.29. The zero-order valence-electron chi connectivity index (χ0n) is 12.3. The molecular weight excluding hydrogens is 306 g/mol. The van der Waals surface area contributed by atoms with Gasteiger partial charge in [-0.2, -0.15) is 0 Å². The normalized spacial score (nSPS) is 20.0. The minimum atomic E-state index is -0.414. The minimum absolute atomic E-state index is 0.377. The molecule has 0 saturated carbocycles. The van der Waals surface area contributed by atoms with Crippen molar-refractivity contribution in [1.82, 2.24) is 20.7 Å². The van der Waals surface area contributed by atoms with Crippen LogP contribution in [0.1, 0.15) is 10.4 Å². The summed E-state index contributed by atoms with van der Waals surface area (Å²) in [7, 11) is 0. The van der Waals surface area contributed by atoms with Crippen LogP contribution in [0.5, 0.6) is 0 Å². The Labute approximate surface area is 134 Å². The van der Waals surface area contributed by atoms with Gasteiger partial charge in [-0.15, -0.1) is 5.06 Å². The van der Waals surface area contributed by atoms with Crippen LogP contribution in [0.15, 0.2) is 12.3 Å². The molecule has 0 radical (unpaired) electrons. The zero-order valence-corrected chi connectivity index (χ0v) is 13.1. The van der Waals surface area contributed by atoms with E-state index in [0.29, 0.717) is 23.7 Å². The molecule has 1 aromatic heterocycles. The van der Waals surface area contributed by atoms with E-state index in [9.17, 15) is 4.79 Å². The van der Waals surface area contributed by atoms with Crippen LogP contribution in [-0.4, -0.2) is 68.4 Å². The third kappa shape index (κ3) is 3.67. The fourth-order valence-corrected chi connectivity index (χ4v) is 2.84. The van der Waals surface area contributed by atoms with E-state index in [4.69, 9.17) is 16.4 Å².